The molecule has 0 radical (unpaired) electrons. The first kappa shape index (κ1) is 11.7. The normalized spacial score (nSPS) is 10.2. The number of aromatic nitrogens is 1. The zero-order chi connectivity index (χ0) is 12.4. The van der Waals surface area contributed by atoms with Crippen LogP contribution in [0.15, 0.2) is 29.8 Å². The van der Waals surface area contributed by atoms with E-state index in [2.05, 4.69) is 4.98 Å². The molecule has 2 aromatic rings. The quantitative estimate of drug-likeness (QED) is 0.487. The summed E-state index contributed by atoms with van der Waals surface area (Å²) in [5.41, 5.74) is -0.0786. The molecule has 0 aliphatic heterocycles. The summed E-state index contributed by atoms with van der Waals surface area (Å²) in [4.78, 5) is 25.8. The smallest absolute Gasteiger partial charge is 0.270 e. The maximum absolute atomic E-state index is 11.9. The standard InChI is InChI=1S/C10H5ClN2O3S/c11-8-2-1-6(13(15)16)5-7(8)9(14)10-12-3-4-17-10/h1-5H. The number of nitrogens with zero attached hydrogens (tertiary/aromatic N) is 2. The van der Waals surface area contributed by atoms with Gasteiger partial charge in [0.1, 0.15) is 0 Å². The second kappa shape index (κ2) is 4.60. The van der Waals surface area contributed by atoms with Gasteiger partial charge < -0.3 is 0 Å². The number of ketones is 1. The number of rotatable bonds is 3. The lowest BCUT2D eigenvalue weighted by atomic mass is 10.1. The van der Waals surface area contributed by atoms with Crippen molar-refractivity contribution in [2.24, 2.45) is 0 Å². The van der Waals surface area contributed by atoms with E-state index in [1.54, 1.807) is 5.38 Å². The van der Waals surface area contributed by atoms with E-state index < -0.39 is 10.7 Å². The van der Waals surface area contributed by atoms with Crippen molar-refractivity contribution in [1.29, 1.82) is 0 Å². The van der Waals surface area contributed by atoms with Gasteiger partial charge in [0, 0.05) is 23.7 Å². The van der Waals surface area contributed by atoms with Crippen LogP contribution in [-0.4, -0.2) is 15.7 Å². The fraction of sp³-hybridized carbons (Fsp3) is 0. The Balaban J connectivity index is 2.48. The Hall–Kier alpha value is -1.79. The van der Waals surface area contributed by atoms with E-state index in [1.165, 1.54) is 18.3 Å². The van der Waals surface area contributed by atoms with Crippen molar-refractivity contribution in [3.8, 4) is 0 Å². The molecule has 86 valence electrons. The molecule has 0 fully saturated rings. The van der Waals surface area contributed by atoms with Crippen LogP contribution in [0.3, 0.4) is 0 Å². The van der Waals surface area contributed by atoms with Crippen molar-refractivity contribution in [3.05, 3.63) is 55.5 Å². The summed E-state index contributed by atoms with van der Waals surface area (Å²) in [6.45, 7) is 0. The van der Waals surface area contributed by atoms with E-state index in [1.807, 2.05) is 0 Å². The largest absolute Gasteiger partial charge is 0.286 e. The zero-order valence-electron chi connectivity index (χ0n) is 8.29. The van der Waals surface area contributed by atoms with Crippen LogP contribution in [0.5, 0.6) is 0 Å². The van der Waals surface area contributed by atoms with Crippen LogP contribution in [0.2, 0.25) is 5.02 Å². The molecule has 1 aromatic heterocycles. The van der Waals surface area contributed by atoms with Gasteiger partial charge >= 0.3 is 0 Å². The second-order valence-corrected chi connectivity index (χ2v) is 4.39. The predicted molar refractivity (Wildman–Crippen MR) is 63.7 cm³/mol. The summed E-state index contributed by atoms with van der Waals surface area (Å²) in [6, 6.07) is 3.74. The predicted octanol–water partition coefficient (Wildman–Crippen LogP) is 2.94. The molecule has 0 bridgehead atoms. The van der Waals surface area contributed by atoms with Crippen LogP contribution < -0.4 is 0 Å². The number of non-ortho nitro benzene ring substituents is 1. The summed E-state index contributed by atoms with van der Waals surface area (Å²) in [5.74, 6) is -0.409. The Morgan fingerprint density at radius 1 is 1.47 bits per heavy atom. The number of halogens is 1. The van der Waals surface area contributed by atoms with Crippen LogP contribution >= 0.6 is 22.9 Å². The molecule has 0 spiro atoms. The van der Waals surface area contributed by atoms with Gasteiger partial charge in [-0.25, -0.2) is 4.98 Å². The van der Waals surface area contributed by atoms with Crippen molar-refractivity contribution >= 4 is 34.4 Å². The van der Waals surface area contributed by atoms with Gasteiger partial charge in [0.25, 0.3) is 5.69 Å². The molecule has 1 aromatic carbocycles. The van der Waals surface area contributed by atoms with Gasteiger partial charge in [-0.15, -0.1) is 11.3 Å². The molecule has 0 aliphatic rings. The van der Waals surface area contributed by atoms with Crippen LogP contribution in [-0.2, 0) is 0 Å². The minimum atomic E-state index is -0.574. The minimum absolute atomic E-state index is 0.0933. The summed E-state index contributed by atoms with van der Waals surface area (Å²) >= 11 is 7.01. The summed E-state index contributed by atoms with van der Waals surface area (Å²) < 4.78 is 0. The Kier molecular flexibility index (Phi) is 3.16. The van der Waals surface area contributed by atoms with Crippen molar-refractivity contribution < 1.29 is 9.72 Å². The van der Waals surface area contributed by atoms with Gasteiger partial charge in [0.05, 0.1) is 15.5 Å². The first-order valence-electron chi connectivity index (χ1n) is 4.47. The van der Waals surface area contributed by atoms with E-state index in [0.29, 0.717) is 0 Å². The van der Waals surface area contributed by atoms with Crippen molar-refractivity contribution in [2.45, 2.75) is 0 Å². The summed E-state index contributed by atoms with van der Waals surface area (Å²) in [7, 11) is 0. The SMILES string of the molecule is O=C(c1nccs1)c1cc([N+](=O)[O-])ccc1Cl. The van der Waals surface area contributed by atoms with Gasteiger partial charge in [-0.1, -0.05) is 11.6 Å². The maximum Gasteiger partial charge on any atom is 0.270 e. The molecule has 0 atom stereocenters. The van der Waals surface area contributed by atoms with Crippen LogP contribution in [0.4, 0.5) is 5.69 Å². The number of carbonyl (C=O) groups excluding carboxylic acids is 1. The van der Waals surface area contributed by atoms with E-state index in [-0.39, 0.29) is 21.3 Å². The molecular weight excluding hydrogens is 264 g/mol. The molecule has 5 nitrogen and oxygen atoms in total. The summed E-state index contributed by atoms with van der Waals surface area (Å²) in [6.07, 6.45) is 1.49. The minimum Gasteiger partial charge on any atom is -0.286 e. The molecule has 0 saturated carbocycles. The molecule has 0 saturated heterocycles. The van der Waals surface area contributed by atoms with Gasteiger partial charge in [0.2, 0.25) is 5.78 Å². The number of nitro groups is 1. The van der Waals surface area contributed by atoms with Gasteiger partial charge in [-0.3, -0.25) is 14.9 Å². The first-order chi connectivity index (χ1) is 8.09. The number of carbonyl (C=O) groups is 1. The lowest BCUT2D eigenvalue weighted by Gasteiger charge is -2.00. The number of benzene rings is 1. The molecule has 17 heavy (non-hydrogen) atoms. The lowest BCUT2D eigenvalue weighted by molar-refractivity contribution is -0.384. The molecule has 0 amide bonds. The van der Waals surface area contributed by atoms with Crippen LogP contribution in [0, 0.1) is 10.1 Å². The maximum atomic E-state index is 11.9. The Morgan fingerprint density at radius 3 is 2.82 bits per heavy atom. The molecule has 2 rings (SSSR count). The number of hydrogen-bond acceptors (Lipinski definition) is 5. The average Bonchev–Trinajstić information content (AvgIpc) is 2.81. The van der Waals surface area contributed by atoms with Crippen LogP contribution in [0.25, 0.3) is 0 Å². The third kappa shape index (κ3) is 2.32. The zero-order valence-corrected chi connectivity index (χ0v) is 9.86. The van der Waals surface area contributed by atoms with E-state index in [0.717, 1.165) is 17.4 Å². The third-order valence-electron chi connectivity index (χ3n) is 2.03. The van der Waals surface area contributed by atoms with Gasteiger partial charge in [-0.05, 0) is 6.07 Å². The van der Waals surface area contributed by atoms with E-state index in [4.69, 9.17) is 11.6 Å². The number of nitro benzene ring substituents is 1. The van der Waals surface area contributed by atoms with Crippen molar-refractivity contribution in [3.63, 3.8) is 0 Å². The van der Waals surface area contributed by atoms with Crippen molar-refractivity contribution in [1.82, 2.24) is 4.98 Å². The molecule has 7 heteroatoms. The monoisotopic (exact) mass is 268 g/mol. The molecular formula is C10H5ClN2O3S. The molecule has 1 heterocycles. The third-order valence-corrected chi connectivity index (χ3v) is 3.13. The Bertz CT molecular complexity index is 583. The number of hydrogen-bond donors (Lipinski definition) is 0. The highest BCUT2D eigenvalue weighted by Gasteiger charge is 2.18. The van der Waals surface area contributed by atoms with Crippen molar-refractivity contribution in [2.75, 3.05) is 0 Å². The highest BCUT2D eigenvalue weighted by atomic mass is 35.5. The Morgan fingerprint density at radius 2 is 2.24 bits per heavy atom. The number of thiazole rings is 1. The topological polar surface area (TPSA) is 73.1 Å². The van der Waals surface area contributed by atoms with E-state index in [9.17, 15) is 14.9 Å². The molecule has 0 N–H and O–H groups in total. The Labute approximate surface area is 105 Å². The highest BCUT2D eigenvalue weighted by molar-refractivity contribution is 7.11. The average molecular weight is 269 g/mol. The van der Waals surface area contributed by atoms with Gasteiger partial charge in [-0.2, -0.15) is 0 Å². The van der Waals surface area contributed by atoms with E-state index >= 15 is 0 Å². The highest BCUT2D eigenvalue weighted by Crippen LogP contribution is 2.25. The fourth-order valence-electron chi connectivity index (χ4n) is 1.25. The fourth-order valence-corrected chi connectivity index (χ4v) is 2.04. The van der Waals surface area contributed by atoms with Gasteiger partial charge in [0.15, 0.2) is 5.01 Å². The van der Waals surface area contributed by atoms with Crippen LogP contribution in [0.1, 0.15) is 15.4 Å². The molecule has 0 unspecified atom stereocenters. The summed E-state index contributed by atoms with van der Waals surface area (Å²) in [5, 5.41) is 12.7. The lowest BCUT2D eigenvalue weighted by Crippen LogP contribution is -2.02. The molecule has 0 aliphatic carbocycles. The second-order valence-electron chi connectivity index (χ2n) is 3.09. The first-order valence-corrected chi connectivity index (χ1v) is 5.73.